The zero-order chi connectivity index (χ0) is 26.9. The molecule has 1 aromatic carbocycles. The molecule has 9 heteroatoms. The molecule has 38 heavy (non-hydrogen) atoms. The highest BCUT2D eigenvalue weighted by atomic mass is 32.2. The molecule has 0 unspecified atom stereocenters. The highest BCUT2D eigenvalue weighted by Gasteiger charge is 2.52. The van der Waals surface area contributed by atoms with Crippen LogP contribution < -0.4 is 0 Å². The van der Waals surface area contributed by atoms with Gasteiger partial charge in [0.15, 0.2) is 5.65 Å². The number of esters is 1. The Balaban J connectivity index is 1.34. The fourth-order valence-electron chi connectivity index (χ4n) is 6.47. The first kappa shape index (κ1) is 25.1. The van der Waals surface area contributed by atoms with Crippen LogP contribution in [0.25, 0.3) is 16.7 Å². The van der Waals surface area contributed by atoms with E-state index in [9.17, 15) is 13.2 Å². The maximum atomic E-state index is 13.5. The fourth-order valence-corrected chi connectivity index (χ4v) is 7.77. The molecule has 200 valence electrons. The summed E-state index contributed by atoms with van der Waals surface area (Å²) < 4.78 is 36.0. The minimum atomic E-state index is -3.80. The largest absolute Gasteiger partial charge is 0.460 e. The Labute approximate surface area is 223 Å². The maximum Gasteiger partial charge on any atom is 0.306 e. The highest BCUT2D eigenvalue weighted by molar-refractivity contribution is 7.90. The number of nitrogens with zero attached hydrogens (tertiary/aromatic N) is 4. The molecule has 7 rings (SSSR count). The van der Waals surface area contributed by atoms with Crippen molar-refractivity contribution < 1.29 is 17.9 Å². The van der Waals surface area contributed by atoms with Crippen molar-refractivity contribution in [2.45, 2.75) is 88.6 Å². The average molecular weight is 535 g/mol. The second-order valence-corrected chi connectivity index (χ2v) is 14.1. The SMILES string of the molecule is Cc1ccc(S(=O)(=O)n2ccc3c2ncc2cnc(C45CCC(CC(=O)OC(C)(C)C)(CC4)CC5)n23)cc1. The molecule has 2 bridgehead atoms. The monoisotopic (exact) mass is 534 g/mol. The second kappa shape index (κ2) is 8.40. The first-order valence-corrected chi connectivity index (χ1v) is 14.7. The lowest BCUT2D eigenvalue weighted by Crippen LogP contribution is -2.46. The number of benzene rings is 1. The van der Waals surface area contributed by atoms with Crippen molar-refractivity contribution in [3.63, 3.8) is 0 Å². The number of aryl methyl sites for hydroxylation is 1. The Morgan fingerprint density at radius 3 is 2.24 bits per heavy atom. The summed E-state index contributed by atoms with van der Waals surface area (Å²) in [5.74, 6) is 0.859. The fraction of sp³-hybridized carbons (Fsp3) is 0.483. The van der Waals surface area contributed by atoms with Gasteiger partial charge in [0, 0.05) is 11.6 Å². The summed E-state index contributed by atoms with van der Waals surface area (Å²) >= 11 is 0. The van der Waals surface area contributed by atoms with Crippen LogP contribution in [0.1, 0.15) is 77.1 Å². The summed E-state index contributed by atoms with van der Waals surface area (Å²) in [6, 6.07) is 8.68. The molecule has 4 aromatic rings. The van der Waals surface area contributed by atoms with E-state index < -0.39 is 15.6 Å². The Morgan fingerprint density at radius 1 is 0.974 bits per heavy atom. The minimum Gasteiger partial charge on any atom is -0.460 e. The zero-order valence-electron chi connectivity index (χ0n) is 22.4. The van der Waals surface area contributed by atoms with Crippen LogP contribution in [-0.2, 0) is 25.0 Å². The second-order valence-electron chi connectivity index (χ2n) is 12.3. The molecule has 0 spiro atoms. The number of hydrogen-bond acceptors (Lipinski definition) is 6. The molecule has 0 radical (unpaired) electrons. The first-order valence-electron chi connectivity index (χ1n) is 13.3. The summed E-state index contributed by atoms with van der Waals surface area (Å²) in [4.78, 5) is 22.3. The van der Waals surface area contributed by atoms with Crippen LogP contribution in [0, 0.1) is 12.3 Å². The number of carbonyl (C=O) groups excluding carboxylic acids is 1. The Bertz CT molecular complexity index is 1630. The van der Waals surface area contributed by atoms with Gasteiger partial charge in [-0.2, -0.15) is 0 Å². The lowest BCUT2D eigenvalue weighted by Gasteiger charge is -2.52. The summed E-state index contributed by atoms with van der Waals surface area (Å²) in [6.07, 6.45) is 11.3. The van der Waals surface area contributed by atoms with Crippen LogP contribution in [0.5, 0.6) is 0 Å². The summed E-state index contributed by atoms with van der Waals surface area (Å²) in [7, 11) is -3.80. The number of carbonyl (C=O) groups is 1. The first-order chi connectivity index (χ1) is 17.9. The van der Waals surface area contributed by atoms with Crippen molar-refractivity contribution in [1.82, 2.24) is 18.3 Å². The van der Waals surface area contributed by atoms with Gasteiger partial charge in [-0.3, -0.25) is 9.20 Å². The Kier molecular flexibility index (Phi) is 5.55. The van der Waals surface area contributed by atoms with Crippen molar-refractivity contribution in [1.29, 1.82) is 0 Å². The standard InChI is InChI=1S/C29H34N4O4S/c1-20-5-7-22(8-6-20)38(35,36)32-16-9-23-25(32)30-18-21-19-31-26(33(21)23)29-13-10-28(11-14-29,12-15-29)17-24(34)37-27(2,3)4/h5-9,16,18-19H,10-15,17H2,1-4H3. The van der Waals surface area contributed by atoms with E-state index in [1.807, 2.05) is 40.0 Å². The molecule has 0 atom stereocenters. The maximum absolute atomic E-state index is 13.5. The number of fused-ring (bicyclic) bond motifs is 6. The molecule has 3 saturated carbocycles. The third kappa shape index (κ3) is 4.02. The van der Waals surface area contributed by atoms with Gasteiger partial charge in [0.25, 0.3) is 10.0 Å². The molecule has 3 aliphatic carbocycles. The summed E-state index contributed by atoms with van der Waals surface area (Å²) in [5, 5.41) is 0. The molecule has 3 heterocycles. The van der Waals surface area contributed by atoms with Gasteiger partial charge < -0.3 is 4.74 Å². The molecule has 3 aliphatic rings. The van der Waals surface area contributed by atoms with Crippen molar-refractivity contribution in [3.05, 3.63) is 60.3 Å². The molecule has 0 aliphatic heterocycles. The van der Waals surface area contributed by atoms with Crippen LogP contribution in [0.2, 0.25) is 0 Å². The third-order valence-corrected chi connectivity index (χ3v) is 10.2. The quantitative estimate of drug-likeness (QED) is 0.311. The van der Waals surface area contributed by atoms with E-state index in [2.05, 4.69) is 9.38 Å². The zero-order valence-corrected chi connectivity index (χ0v) is 23.2. The van der Waals surface area contributed by atoms with Gasteiger partial charge in [0.05, 0.1) is 34.7 Å². The molecular weight excluding hydrogens is 500 g/mol. The number of ether oxygens (including phenoxy) is 1. The van der Waals surface area contributed by atoms with E-state index in [-0.39, 0.29) is 21.7 Å². The van der Waals surface area contributed by atoms with Crippen molar-refractivity contribution in [3.8, 4) is 0 Å². The minimum absolute atomic E-state index is 0.000528. The lowest BCUT2D eigenvalue weighted by atomic mass is 9.52. The van der Waals surface area contributed by atoms with Crippen LogP contribution in [0.15, 0.2) is 53.8 Å². The molecule has 8 nitrogen and oxygen atoms in total. The normalized spacial score (nSPS) is 23.8. The van der Waals surface area contributed by atoms with E-state index in [4.69, 9.17) is 9.72 Å². The van der Waals surface area contributed by atoms with Gasteiger partial charge in [0.2, 0.25) is 0 Å². The van der Waals surface area contributed by atoms with E-state index in [1.165, 1.54) is 3.97 Å². The van der Waals surface area contributed by atoms with Gasteiger partial charge in [0.1, 0.15) is 11.4 Å². The van der Waals surface area contributed by atoms with Gasteiger partial charge in [-0.25, -0.2) is 22.4 Å². The predicted octanol–water partition coefficient (Wildman–Crippen LogP) is 5.55. The van der Waals surface area contributed by atoms with E-state index in [1.54, 1.807) is 36.7 Å². The smallest absolute Gasteiger partial charge is 0.306 e. The van der Waals surface area contributed by atoms with Crippen LogP contribution in [-0.4, -0.2) is 38.3 Å². The lowest BCUT2D eigenvalue weighted by molar-refractivity contribution is -0.160. The number of hydrogen-bond donors (Lipinski definition) is 0. The van der Waals surface area contributed by atoms with Gasteiger partial charge in [-0.15, -0.1) is 0 Å². The van der Waals surface area contributed by atoms with Gasteiger partial charge >= 0.3 is 5.97 Å². The van der Waals surface area contributed by atoms with Crippen LogP contribution in [0.4, 0.5) is 0 Å². The van der Waals surface area contributed by atoms with E-state index >= 15 is 0 Å². The number of aromatic nitrogens is 4. The topological polar surface area (TPSA) is 95.6 Å². The molecule has 3 fully saturated rings. The molecule has 0 N–H and O–H groups in total. The molecule has 3 aromatic heterocycles. The van der Waals surface area contributed by atoms with Gasteiger partial charge in [-0.1, -0.05) is 17.7 Å². The van der Waals surface area contributed by atoms with Gasteiger partial charge in [-0.05, 0) is 89.8 Å². The molecule has 0 saturated heterocycles. The van der Waals surface area contributed by atoms with Crippen molar-refractivity contribution >= 4 is 32.7 Å². The van der Waals surface area contributed by atoms with Crippen molar-refractivity contribution in [2.24, 2.45) is 5.41 Å². The number of rotatable bonds is 5. The highest BCUT2D eigenvalue weighted by Crippen LogP contribution is 2.59. The number of imidazole rings is 1. The molecular formula is C29H34N4O4S. The third-order valence-electron chi connectivity index (χ3n) is 8.55. The van der Waals surface area contributed by atoms with Crippen molar-refractivity contribution in [2.75, 3.05) is 0 Å². The Morgan fingerprint density at radius 2 is 1.61 bits per heavy atom. The molecule has 0 amide bonds. The predicted molar refractivity (Wildman–Crippen MR) is 145 cm³/mol. The summed E-state index contributed by atoms with van der Waals surface area (Å²) in [6.45, 7) is 7.66. The van der Waals surface area contributed by atoms with E-state index in [0.29, 0.717) is 12.1 Å². The average Bonchev–Trinajstić information content (AvgIpc) is 3.49. The Hall–Kier alpha value is -3.20. The van der Waals surface area contributed by atoms with Crippen LogP contribution >= 0.6 is 0 Å². The summed E-state index contributed by atoms with van der Waals surface area (Å²) in [5.41, 5.74) is 2.39. The van der Waals surface area contributed by atoms with Crippen LogP contribution in [0.3, 0.4) is 0 Å². The van der Waals surface area contributed by atoms with E-state index in [0.717, 1.165) is 60.9 Å².